The number of fused-ring (bicyclic) bond motifs is 1. The first-order valence-corrected chi connectivity index (χ1v) is 9.73. The zero-order valence-electron chi connectivity index (χ0n) is 13.3. The summed E-state index contributed by atoms with van der Waals surface area (Å²) in [6.07, 6.45) is 1.78. The number of carbonyl (C=O) groups is 2. The Morgan fingerprint density at radius 1 is 1.04 bits per heavy atom. The van der Waals surface area contributed by atoms with E-state index < -0.39 is 5.97 Å². The highest BCUT2D eigenvalue weighted by molar-refractivity contribution is 7.18. The lowest BCUT2D eigenvalue weighted by molar-refractivity contribution is 0.0699. The van der Waals surface area contributed by atoms with Crippen LogP contribution in [-0.2, 0) is 0 Å². The summed E-state index contributed by atoms with van der Waals surface area (Å²) in [6.45, 7) is 1.36. The minimum absolute atomic E-state index is 0.0692. The fourth-order valence-corrected chi connectivity index (χ4v) is 5.07. The average molecular weight is 372 g/mol. The zero-order chi connectivity index (χ0) is 17.4. The van der Waals surface area contributed by atoms with Crippen LogP contribution >= 0.6 is 22.7 Å². The Hall–Kier alpha value is -2.25. The van der Waals surface area contributed by atoms with Crippen molar-refractivity contribution in [3.63, 3.8) is 0 Å². The van der Waals surface area contributed by atoms with Crippen LogP contribution in [0.4, 0.5) is 0 Å². The largest absolute Gasteiger partial charge is 0.477 e. The molecule has 3 heterocycles. The van der Waals surface area contributed by atoms with Gasteiger partial charge in [0.05, 0.1) is 20.1 Å². The van der Waals surface area contributed by atoms with Crippen molar-refractivity contribution in [2.24, 2.45) is 0 Å². The van der Waals surface area contributed by atoms with Crippen molar-refractivity contribution in [1.82, 2.24) is 9.88 Å². The molecule has 25 heavy (non-hydrogen) atoms. The van der Waals surface area contributed by atoms with E-state index in [-0.39, 0.29) is 10.8 Å². The third-order valence-corrected chi connectivity index (χ3v) is 6.73. The molecule has 1 N–H and O–H groups in total. The van der Waals surface area contributed by atoms with Crippen molar-refractivity contribution >= 4 is 44.8 Å². The van der Waals surface area contributed by atoms with Gasteiger partial charge in [-0.3, -0.25) is 4.79 Å². The van der Waals surface area contributed by atoms with Gasteiger partial charge in [-0.05, 0) is 37.1 Å². The highest BCUT2D eigenvalue weighted by Crippen LogP contribution is 2.34. The van der Waals surface area contributed by atoms with Crippen LogP contribution in [0.15, 0.2) is 36.4 Å². The first kappa shape index (κ1) is 16.2. The van der Waals surface area contributed by atoms with Crippen molar-refractivity contribution in [2.45, 2.75) is 18.8 Å². The number of carboxylic acids is 1. The Kier molecular flexibility index (Phi) is 4.27. The molecular formula is C18H16N2O3S2. The van der Waals surface area contributed by atoms with Gasteiger partial charge in [-0.25, -0.2) is 9.78 Å². The van der Waals surface area contributed by atoms with Crippen LogP contribution < -0.4 is 0 Å². The molecule has 0 saturated carbocycles. The van der Waals surface area contributed by atoms with Gasteiger partial charge in [0.25, 0.3) is 5.91 Å². The standard InChI is InChI=1S/C18H16N2O3S2/c21-17(14-5-6-15(24-14)18(22)23)20-9-7-11(8-10-20)16-19-12-3-1-2-4-13(12)25-16/h1-6,11H,7-10H2,(H,22,23). The molecule has 1 aromatic carbocycles. The topological polar surface area (TPSA) is 70.5 Å². The normalized spacial score (nSPS) is 15.6. The molecule has 7 heteroatoms. The number of carboxylic acid groups (broad SMARTS) is 1. The smallest absolute Gasteiger partial charge is 0.345 e. The van der Waals surface area contributed by atoms with Crippen molar-refractivity contribution in [3.05, 3.63) is 51.2 Å². The summed E-state index contributed by atoms with van der Waals surface area (Å²) in [5, 5.41) is 10.1. The molecule has 1 fully saturated rings. The van der Waals surface area contributed by atoms with E-state index in [4.69, 9.17) is 10.1 Å². The molecule has 5 nitrogen and oxygen atoms in total. The number of thiazole rings is 1. The van der Waals surface area contributed by atoms with Gasteiger partial charge in [0.1, 0.15) is 4.88 Å². The Morgan fingerprint density at radius 2 is 1.76 bits per heavy atom. The van der Waals surface area contributed by atoms with Crippen LogP contribution in [0.2, 0.25) is 0 Å². The van der Waals surface area contributed by atoms with Crippen molar-refractivity contribution < 1.29 is 14.7 Å². The molecule has 0 radical (unpaired) electrons. The third kappa shape index (κ3) is 3.17. The number of carbonyl (C=O) groups excluding carboxylic acids is 1. The molecule has 2 aromatic heterocycles. The molecular weight excluding hydrogens is 356 g/mol. The van der Waals surface area contributed by atoms with E-state index in [1.54, 1.807) is 17.4 Å². The molecule has 3 aromatic rings. The van der Waals surface area contributed by atoms with Gasteiger partial charge in [0.2, 0.25) is 0 Å². The molecule has 0 bridgehead atoms. The second-order valence-corrected chi connectivity index (χ2v) is 8.20. The van der Waals surface area contributed by atoms with Crippen LogP contribution in [0.1, 0.15) is 43.1 Å². The number of aromatic nitrogens is 1. The molecule has 1 amide bonds. The van der Waals surface area contributed by atoms with E-state index in [9.17, 15) is 9.59 Å². The average Bonchev–Trinajstić information content (AvgIpc) is 3.28. The number of benzene rings is 1. The summed E-state index contributed by atoms with van der Waals surface area (Å²) in [4.78, 5) is 30.8. The first-order valence-electron chi connectivity index (χ1n) is 8.09. The maximum absolute atomic E-state index is 12.6. The number of nitrogens with zero attached hydrogens (tertiary/aromatic N) is 2. The molecule has 4 rings (SSSR count). The van der Waals surface area contributed by atoms with E-state index in [0.29, 0.717) is 23.9 Å². The lowest BCUT2D eigenvalue weighted by Gasteiger charge is -2.30. The summed E-state index contributed by atoms with van der Waals surface area (Å²) in [5.74, 6) is -0.668. The second kappa shape index (κ2) is 6.57. The lowest BCUT2D eigenvalue weighted by Crippen LogP contribution is -2.37. The highest BCUT2D eigenvalue weighted by atomic mass is 32.1. The maximum atomic E-state index is 12.6. The molecule has 1 aliphatic heterocycles. The maximum Gasteiger partial charge on any atom is 0.345 e. The third-order valence-electron chi connectivity index (χ3n) is 4.47. The van der Waals surface area contributed by atoms with Crippen molar-refractivity contribution in [1.29, 1.82) is 0 Å². The van der Waals surface area contributed by atoms with Crippen LogP contribution in [0.25, 0.3) is 10.2 Å². The van der Waals surface area contributed by atoms with Gasteiger partial charge in [-0.2, -0.15) is 0 Å². The molecule has 0 aliphatic carbocycles. The van der Waals surface area contributed by atoms with Gasteiger partial charge < -0.3 is 10.0 Å². The molecule has 1 aliphatic rings. The summed E-state index contributed by atoms with van der Waals surface area (Å²) < 4.78 is 1.20. The lowest BCUT2D eigenvalue weighted by atomic mass is 9.97. The second-order valence-electron chi connectivity index (χ2n) is 6.06. The van der Waals surface area contributed by atoms with E-state index in [0.717, 1.165) is 34.7 Å². The number of likely N-dealkylation sites (tertiary alicyclic amines) is 1. The van der Waals surface area contributed by atoms with E-state index >= 15 is 0 Å². The van der Waals surface area contributed by atoms with Crippen LogP contribution in [0.5, 0.6) is 0 Å². The first-order chi connectivity index (χ1) is 12.1. The summed E-state index contributed by atoms with van der Waals surface area (Å²) in [6, 6.07) is 11.2. The molecule has 0 unspecified atom stereocenters. The fraction of sp³-hybridized carbons (Fsp3) is 0.278. The molecule has 128 valence electrons. The molecule has 0 spiro atoms. The number of hydrogen-bond donors (Lipinski definition) is 1. The number of para-hydroxylation sites is 1. The van der Waals surface area contributed by atoms with Gasteiger partial charge >= 0.3 is 5.97 Å². The van der Waals surface area contributed by atoms with E-state index in [2.05, 4.69) is 6.07 Å². The van der Waals surface area contributed by atoms with Crippen LogP contribution in [0.3, 0.4) is 0 Å². The number of amides is 1. The van der Waals surface area contributed by atoms with Gasteiger partial charge in [0.15, 0.2) is 0 Å². The number of thiophene rings is 1. The minimum Gasteiger partial charge on any atom is -0.477 e. The Morgan fingerprint density at radius 3 is 2.44 bits per heavy atom. The van der Waals surface area contributed by atoms with Gasteiger partial charge in [0, 0.05) is 19.0 Å². The van der Waals surface area contributed by atoms with Crippen LogP contribution in [0, 0.1) is 0 Å². The monoisotopic (exact) mass is 372 g/mol. The Labute approximate surface area is 152 Å². The summed E-state index contributed by atoms with van der Waals surface area (Å²) in [7, 11) is 0. The molecule has 1 saturated heterocycles. The number of aromatic carboxylic acids is 1. The van der Waals surface area contributed by atoms with E-state index in [1.165, 1.54) is 10.8 Å². The van der Waals surface area contributed by atoms with E-state index in [1.807, 2.05) is 23.1 Å². The number of rotatable bonds is 3. The minimum atomic E-state index is -0.987. The predicted molar refractivity (Wildman–Crippen MR) is 98.8 cm³/mol. The Balaban J connectivity index is 1.43. The van der Waals surface area contributed by atoms with Gasteiger partial charge in [-0.1, -0.05) is 12.1 Å². The SMILES string of the molecule is O=C(O)c1ccc(C(=O)N2CCC(c3nc4ccccc4s3)CC2)s1. The highest BCUT2D eigenvalue weighted by Gasteiger charge is 2.27. The zero-order valence-corrected chi connectivity index (χ0v) is 15.0. The molecule has 0 atom stereocenters. The van der Waals surface area contributed by atoms with Gasteiger partial charge in [-0.15, -0.1) is 22.7 Å². The number of piperidine rings is 1. The quantitative estimate of drug-likeness (QED) is 0.752. The van der Waals surface area contributed by atoms with Crippen molar-refractivity contribution in [2.75, 3.05) is 13.1 Å². The summed E-state index contributed by atoms with van der Waals surface area (Å²) >= 11 is 2.78. The summed E-state index contributed by atoms with van der Waals surface area (Å²) in [5.41, 5.74) is 1.04. The Bertz CT molecular complexity index is 906. The van der Waals surface area contributed by atoms with Crippen molar-refractivity contribution in [3.8, 4) is 0 Å². The predicted octanol–water partition coefficient (Wildman–Crippen LogP) is 4.08. The fourth-order valence-electron chi connectivity index (χ4n) is 3.12. The van der Waals surface area contributed by atoms with Crippen LogP contribution in [-0.4, -0.2) is 40.0 Å². The number of hydrogen-bond acceptors (Lipinski definition) is 5.